The van der Waals surface area contributed by atoms with Gasteiger partial charge in [-0.1, -0.05) is 19.9 Å². The van der Waals surface area contributed by atoms with E-state index in [2.05, 4.69) is 14.4 Å². The van der Waals surface area contributed by atoms with Crippen molar-refractivity contribution in [2.75, 3.05) is 16.3 Å². The predicted molar refractivity (Wildman–Crippen MR) is 136 cm³/mol. The molecule has 9 nitrogen and oxygen atoms in total. The summed E-state index contributed by atoms with van der Waals surface area (Å²) >= 11 is 0. The number of aliphatic hydroxyl groups is 1. The number of nitrogens with one attached hydrogen (secondary N) is 2. The minimum absolute atomic E-state index is 0.0155. The maximum absolute atomic E-state index is 14.2. The third kappa shape index (κ3) is 4.62. The number of hydrogen-bond donors (Lipinski definition) is 3. The van der Waals surface area contributed by atoms with Gasteiger partial charge in [0, 0.05) is 11.3 Å². The Labute approximate surface area is 209 Å². The summed E-state index contributed by atoms with van der Waals surface area (Å²) in [5.74, 6) is -1.87. The van der Waals surface area contributed by atoms with Crippen LogP contribution in [0.25, 0.3) is 5.76 Å². The molecule has 2 aromatic rings. The molecule has 0 aromatic heterocycles. The van der Waals surface area contributed by atoms with Crippen LogP contribution in [0.3, 0.4) is 0 Å². The van der Waals surface area contributed by atoms with Crippen molar-refractivity contribution in [1.29, 1.82) is 0 Å². The Morgan fingerprint density at radius 2 is 1.89 bits per heavy atom. The molecule has 192 valence electrons. The quantitative estimate of drug-likeness (QED) is 0.508. The Morgan fingerprint density at radius 3 is 2.53 bits per heavy atom. The van der Waals surface area contributed by atoms with Crippen molar-refractivity contribution < 1.29 is 31.1 Å². The Balaban J connectivity index is 1.86. The van der Waals surface area contributed by atoms with Crippen LogP contribution < -0.4 is 10.0 Å². The van der Waals surface area contributed by atoms with Crippen LogP contribution in [0.1, 0.15) is 44.7 Å². The van der Waals surface area contributed by atoms with E-state index in [-0.39, 0.29) is 39.2 Å². The lowest BCUT2D eigenvalue weighted by atomic mass is 9.66. The number of carbonyl (C=O) groups excluding carboxylic acids is 1. The third-order valence-electron chi connectivity index (χ3n) is 6.28. The highest BCUT2D eigenvalue weighted by atomic mass is 32.2. The van der Waals surface area contributed by atoms with Crippen molar-refractivity contribution in [1.82, 2.24) is 0 Å². The SMILES string of the molecule is CC(C)CC[C@@]1(C)C(=O)C(C2=NS(=O)(=O)c3cc(NS(C)(=O)=O)ccc3N2)=C(O)c2cc(F)ccc21. The first-order valence-electron chi connectivity index (χ1n) is 11.1. The molecule has 2 aliphatic rings. The molecule has 12 heteroatoms. The summed E-state index contributed by atoms with van der Waals surface area (Å²) in [5, 5.41) is 13.8. The Morgan fingerprint density at radius 1 is 1.19 bits per heavy atom. The molecule has 1 aliphatic heterocycles. The molecule has 0 saturated heterocycles. The van der Waals surface area contributed by atoms with E-state index in [1.807, 2.05) is 13.8 Å². The molecule has 0 spiro atoms. The van der Waals surface area contributed by atoms with Gasteiger partial charge < -0.3 is 10.4 Å². The van der Waals surface area contributed by atoms with Crippen LogP contribution in [0.2, 0.25) is 0 Å². The number of rotatable bonds is 6. The number of carbonyl (C=O) groups is 1. The second kappa shape index (κ2) is 8.70. The zero-order chi connectivity index (χ0) is 26.6. The van der Waals surface area contributed by atoms with Gasteiger partial charge in [0.25, 0.3) is 10.0 Å². The molecule has 3 N–H and O–H groups in total. The Bertz CT molecular complexity index is 1560. The van der Waals surface area contributed by atoms with Gasteiger partial charge in [0.05, 0.1) is 17.4 Å². The highest BCUT2D eigenvalue weighted by Gasteiger charge is 2.46. The van der Waals surface area contributed by atoms with E-state index in [0.29, 0.717) is 18.4 Å². The second-order valence-corrected chi connectivity index (χ2v) is 13.0. The number of hydrogen-bond acceptors (Lipinski definition) is 7. The molecule has 1 heterocycles. The molecule has 0 unspecified atom stereocenters. The molecule has 1 atom stereocenters. The van der Waals surface area contributed by atoms with Crippen molar-refractivity contribution in [3.05, 3.63) is 58.9 Å². The summed E-state index contributed by atoms with van der Waals surface area (Å²) in [5.41, 5.74) is -0.912. The summed E-state index contributed by atoms with van der Waals surface area (Å²) < 4.78 is 69.3. The number of amidine groups is 1. The van der Waals surface area contributed by atoms with Crippen LogP contribution in [-0.4, -0.2) is 39.8 Å². The van der Waals surface area contributed by atoms with Crippen LogP contribution in [-0.2, 0) is 30.3 Å². The fourth-order valence-corrected chi connectivity index (χ4v) is 6.13. The van der Waals surface area contributed by atoms with Crippen molar-refractivity contribution >= 4 is 48.8 Å². The number of fused-ring (bicyclic) bond motifs is 2. The van der Waals surface area contributed by atoms with Crippen molar-refractivity contribution in [2.24, 2.45) is 10.3 Å². The van der Waals surface area contributed by atoms with Gasteiger partial charge in [-0.05, 0) is 61.6 Å². The molecule has 2 aromatic carbocycles. The minimum Gasteiger partial charge on any atom is -0.506 e. The summed E-state index contributed by atoms with van der Waals surface area (Å²) in [6.07, 6.45) is 1.97. The number of halogens is 1. The van der Waals surface area contributed by atoms with E-state index in [0.717, 1.165) is 18.4 Å². The van der Waals surface area contributed by atoms with Crippen molar-refractivity contribution in [3.8, 4) is 0 Å². The smallest absolute Gasteiger partial charge is 0.286 e. The van der Waals surface area contributed by atoms with E-state index in [1.54, 1.807) is 6.92 Å². The van der Waals surface area contributed by atoms with Crippen LogP contribution in [0, 0.1) is 11.7 Å². The molecule has 0 bridgehead atoms. The maximum Gasteiger partial charge on any atom is 0.286 e. The fraction of sp³-hybridized carbons (Fsp3) is 0.333. The average molecular weight is 536 g/mol. The zero-order valence-corrected chi connectivity index (χ0v) is 21.7. The van der Waals surface area contributed by atoms with Gasteiger partial charge in [-0.15, -0.1) is 4.40 Å². The van der Waals surface area contributed by atoms with Crippen LogP contribution in [0.4, 0.5) is 15.8 Å². The molecule has 0 saturated carbocycles. The number of benzene rings is 2. The topological polar surface area (TPSA) is 142 Å². The highest BCUT2D eigenvalue weighted by molar-refractivity contribution is 7.92. The molecule has 0 fully saturated rings. The van der Waals surface area contributed by atoms with Crippen molar-refractivity contribution in [3.63, 3.8) is 0 Å². The molecular formula is C24H26FN3O6S2. The van der Waals surface area contributed by atoms with E-state index in [4.69, 9.17) is 0 Å². The van der Waals surface area contributed by atoms with E-state index in [1.165, 1.54) is 24.3 Å². The predicted octanol–water partition coefficient (Wildman–Crippen LogP) is 3.96. The van der Waals surface area contributed by atoms with Gasteiger partial charge in [0.1, 0.15) is 22.0 Å². The Hall–Kier alpha value is -3.25. The highest BCUT2D eigenvalue weighted by Crippen LogP contribution is 2.44. The molecule has 36 heavy (non-hydrogen) atoms. The summed E-state index contributed by atoms with van der Waals surface area (Å²) in [6.45, 7) is 5.69. The van der Waals surface area contributed by atoms with Crippen molar-refractivity contribution in [2.45, 2.75) is 43.9 Å². The van der Waals surface area contributed by atoms with Gasteiger partial charge in [-0.25, -0.2) is 12.8 Å². The average Bonchev–Trinajstić information content (AvgIpc) is 2.75. The summed E-state index contributed by atoms with van der Waals surface area (Å²) in [4.78, 5) is 13.5. The zero-order valence-electron chi connectivity index (χ0n) is 20.1. The number of anilines is 2. The fourth-order valence-electron chi connectivity index (χ4n) is 4.42. The number of aliphatic hydroxyl groups excluding tert-OH is 1. The molecule has 4 rings (SSSR count). The van der Waals surface area contributed by atoms with E-state index < -0.39 is 42.8 Å². The van der Waals surface area contributed by atoms with Gasteiger partial charge >= 0.3 is 0 Å². The van der Waals surface area contributed by atoms with Gasteiger partial charge in [0.2, 0.25) is 10.0 Å². The number of Topliss-reactive ketones (excluding diaryl/α,β-unsaturated/α-hetero) is 1. The molecule has 0 radical (unpaired) electrons. The molecular weight excluding hydrogens is 509 g/mol. The first-order valence-corrected chi connectivity index (χ1v) is 14.5. The van der Waals surface area contributed by atoms with Crippen LogP contribution >= 0.6 is 0 Å². The van der Waals surface area contributed by atoms with Crippen LogP contribution in [0.5, 0.6) is 0 Å². The van der Waals surface area contributed by atoms with E-state index >= 15 is 0 Å². The standard InChI is InChI=1S/C24H26FN3O6S2/c1-13(2)9-10-24(3)17-7-5-14(25)11-16(17)21(29)20(22(24)30)23-26-18-8-6-15(27-35(4,31)32)12-19(18)36(33,34)28-23/h5-8,11-13,27,29H,9-10H2,1-4H3,(H,26,28)/t24-/m1/s1. The third-order valence-corrected chi connectivity index (χ3v) is 8.21. The van der Waals surface area contributed by atoms with Gasteiger partial charge in [0.15, 0.2) is 11.6 Å². The van der Waals surface area contributed by atoms with Crippen LogP contribution in [0.15, 0.2) is 51.3 Å². The summed E-state index contributed by atoms with van der Waals surface area (Å²) in [6, 6.07) is 7.57. The molecule has 0 amide bonds. The lowest BCUT2D eigenvalue weighted by Gasteiger charge is -2.36. The first kappa shape index (κ1) is 25.8. The van der Waals surface area contributed by atoms with Gasteiger partial charge in [-0.3, -0.25) is 9.52 Å². The maximum atomic E-state index is 14.2. The lowest BCUT2D eigenvalue weighted by molar-refractivity contribution is -0.120. The lowest BCUT2D eigenvalue weighted by Crippen LogP contribution is -2.42. The first-order chi connectivity index (χ1) is 16.6. The minimum atomic E-state index is -4.39. The van der Waals surface area contributed by atoms with E-state index in [9.17, 15) is 31.1 Å². The normalized spacial score (nSPS) is 20.9. The largest absolute Gasteiger partial charge is 0.506 e. The van der Waals surface area contributed by atoms with Gasteiger partial charge in [-0.2, -0.15) is 8.42 Å². The number of nitrogens with zero attached hydrogens (tertiary/aromatic N) is 1. The Kier molecular flexibility index (Phi) is 6.24. The monoisotopic (exact) mass is 535 g/mol. The second-order valence-electron chi connectivity index (χ2n) is 9.63. The number of ketones is 1. The summed E-state index contributed by atoms with van der Waals surface area (Å²) in [7, 11) is -8.05. The number of sulfonamides is 2. The molecule has 1 aliphatic carbocycles.